The van der Waals surface area contributed by atoms with Crippen molar-refractivity contribution in [2.75, 3.05) is 0 Å². The minimum Gasteiger partial charge on any atom is -0.268 e. The fraction of sp³-hybridized carbons (Fsp3) is 0.333. The SMILES string of the molecule is Cc1cnn([C@@H](C)[C@H](C)S(=O)(=O)c2nc3ccccc3s2)c1. The van der Waals surface area contributed by atoms with E-state index in [0.717, 1.165) is 15.8 Å². The molecule has 0 aliphatic heterocycles. The van der Waals surface area contributed by atoms with E-state index >= 15 is 0 Å². The van der Waals surface area contributed by atoms with E-state index in [2.05, 4.69) is 10.1 Å². The quantitative estimate of drug-likeness (QED) is 0.734. The Bertz CT molecular complexity index is 879. The Morgan fingerprint density at radius 3 is 2.59 bits per heavy atom. The Morgan fingerprint density at radius 1 is 1.23 bits per heavy atom. The van der Waals surface area contributed by atoms with Crippen LogP contribution < -0.4 is 0 Å². The van der Waals surface area contributed by atoms with Crippen LogP contribution in [0.25, 0.3) is 10.2 Å². The van der Waals surface area contributed by atoms with Crippen LogP contribution in [0.4, 0.5) is 0 Å². The maximum absolute atomic E-state index is 12.8. The second-order valence-corrected chi connectivity index (χ2v) is 8.95. The molecule has 0 saturated carbocycles. The van der Waals surface area contributed by atoms with Gasteiger partial charge in [-0.05, 0) is 38.5 Å². The summed E-state index contributed by atoms with van der Waals surface area (Å²) < 4.78 is 28.4. The molecule has 0 aliphatic carbocycles. The third kappa shape index (κ3) is 2.55. The van der Waals surface area contributed by atoms with Gasteiger partial charge in [-0.3, -0.25) is 4.68 Å². The summed E-state index contributed by atoms with van der Waals surface area (Å²) in [6.45, 7) is 5.51. The molecule has 2 aromatic heterocycles. The summed E-state index contributed by atoms with van der Waals surface area (Å²) in [5.74, 6) is 0. The van der Waals surface area contributed by atoms with E-state index in [9.17, 15) is 8.42 Å². The number of nitrogens with zero attached hydrogens (tertiary/aromatic N) is 3. The standard InChI is InChI=1S/C15H17N3O2S2/c1-10-8-16-18(9-10)11(2)12(3)22(19,20)15-17-13-6-4-5-7-14(13)21-15/h4-9,11-12H,1-3H3/t11-,12-/m0/s1. The van der Waals surface area contributed by atoms with Crippen molar-refractivity contribution in [1.82, 2.24) is 14.8 Å². The molecule has 1 aromatic carbocycles. The Hall–Kier alpha value is -1.73. The van der Waals surface area contributed by atoms with E-state index < -0.39 is 15.1 Å². The average molecular weight is 335 g/mol. The van der Waals surface area contributed by atoms with Crippen molar-refractivity contribution in [1.29, 1.82) is 0 Å². The van der Waals surface area contributed by atoms with Gasteiger partial charge in [0.25, 0.3) is 0 Å². The van der Waals surface area contributed by atoms with E-state index in [4.69, 9.17) is 0 Å². The molecule has 0 fully saturated rings. The summed E-state index contributed by atoms with van der Waals surface area (Å²) >= 11 is 1.22. The lowest BCUT2D eigenvalue weighted by molar-refractivity contribution is 0.464. The van der Waals surface area contributed by atoms with Crippen LogP contribution >= 0.6 is 11.3 Å². The van der Waals surface area contributed by atoms with Gasteiger partial charge in [0.15, 0.2) is 0 Å². The average Bonchev–Trinajstić information content (AvgIpc) is 3.11. The fourth-order valence-corrected chi connectivity index (χ4v) is 5.34. The van der Waals surface area contributed by atoms with Crippen LogP contribution in [0.2, 0.25) is 0 Å². The first kappa shape index (κ1) is 15.2. The Labute approximate surface area is 133 Å². The molecule has 2 atom stereocenters. The summed E-state index contributed by atoms with van der Waals surface area (Å²) in [5, 5.41) is 3.62. The molecule has 0 spiro atoms. The van der Waals surface area contributed by atoms with E-state index in [1.54, 1.807) is 17.8 Å². The van der Waals surface area contributed by atoms with Gasteiger partial charge in [0.1, 0.15) is 0 Å². The number of aromatic nitrogens is 3. The third-order valence-electron chi connectivity index (χ3n) is 3.83. The van der Waals surface area contributed by atoms with Gasteiger partial charge in [0, 0.05) is 6.20 Å². The lowest BCUT2D eigenvalue weighted by Crippen LogP contribution is -2.28. The van der Waals surface area contributed by atoms with E-state index in [-0.39, 0.29) is 10.4 Å². The maximum Gasteiger partial charge on any atom is 0.210 e. The van der Waals surface area contributed by atoms with Crippen molar-refractivity contribution in [3.63, 3.8) is 0 Å². The normalized spacial score (nSPS) is 15.0. The first-order valence-electron chi connectivity index (χ1n) is 7.00. The Kier molecular flexibility index (Phi) is 3.78. The number of hydrogen-bond donors (Lipinski definition) is 0. The second-order valence-electron chi connectivity index (χ2n) is 5.44. The summed E-state index contributed by atoms with van der Waals surface area (Å²) in [7, 11) is -3.49. The lowest BCUT2D eigenvalue weighted by Gasteiger charge is -2.19. The number of benzene rings is 1. The lowest BCUT2D eigenvalue weighted by atomic mass is 10.2. The van der Waals surface area contributed by atoms with Gasteiger partial charge >= 0.3 is 0 Å². The van der Waals surface area contributed by atoms with Crippen molar-refractivity contribution in [3.05, 3.63) is 42.2 Å². The molecule has 0 bridgehead atoms. The van der Waals surface area contributed by atoms with Crippen LogP contribution in [0.15, 0.2) is 41.0 Å². The van der Waals surface area contributed by atoms with E-state index in [1.807, 2.05) is 44.3 Å². The number of hydrogen-bond acceptors (Lipinski definition) is 5. The monoisotopic (exact) mass is 335 g/mol. The number of aryl methyl sites for hydroxylation is 1. The molecule has 0 radical (unpaired) electrons. The van der Waals surface area contributed by atoms with Crippen molar-refractivity contribution in [2.24, 2.45) is 0 Å². The van der Waals surface area contributed by atoms with Gasteiger partial charge in [-0.2, -0.15) is 5.10 Å². The topological polar surface area (TPSA) is 64.8 Å². The minimum atomic E-state index is -3.49. The van der Waals surface area contributed by atoms with Crippen LogP contribution in [0.5, 0.6) is 0 Å². The molecule has 3 aromatic rings. The van der Waals surface area contributed by atoms with E-state index in [0.29, 0.717) is 0 Å². The fourth-order valence-electron chi connectivity index (χ4n) is 2.26. The molecule has 0 N–H and O–H groups in total. The number of sulfone groups is 1. The van der Waals surface area contributed by atoms with Crippen molar-refractivity contribution in [3.8, 4) is 0 Å². The molecule has 116 valence electrons. The predicted octanol–water partition coefficient (Wildman–Crippen LogP) is 3.22. The van der Waals surface area contributed by atoms with Crippen LogP contribution in [-0.4, -0.2) is 28.4 Å². The zero-order chi connectivity index (χ0) is 15.9. The first-order valence-corrected chi connectivity index (χ1v) is 9.36. The molecule has 5 nitrogen and oxygen atoms in total. The Morgan fingerprint density at radius 2 is 1.95 bits per heavy atom. The second kappa shape index (κ2) is 5.48. The summed E-state index contributed by atoms with van der Waals surface area (Å²) in [6.07, 6.45) is 3.59. The Balaban J connectivity index is 1.97. The van der Waals surface area contributed by atoms with Gasteiger partial charge < -0.3 is 0 Å². The van der Waals surface area contributed by atoms with Crippen molar-refractivity contribution < 1.29 is 8.42 Å². The van der Waals surface area contributed by atoms with Gasteiger partial charge in [0.05, 0.1) is 27.7 Å². The zero-order valence-corrected chi connectivity index (χ0v) is 14.2. The number of rotatable bonds is 4. The van der Waals surface area contributed by atoms with Crippen LogP contribution in [0.1, 0.15) is 25.5 Å². The summed E-state index contributed by atoms with van der Waals surface area (Å²) in [6, 6.07) is 7.20. The summed E-state index contributed by atoms with van der Waals surface area (Å²) in [5.41, 5.74) is 1.73. The van der Waals surface area contributed by atoms with Crippen LogP contribution in [0.3, 0.4) is 0 Å². The molecule has 0 unspecified atom stereocenters. The molecular formula is C15H17N3O2S2. The molecule has 0 amide bonds. The van der Waals surface area contributed by atoms with Gasteiger partial charge in [0.2, 0.25) is 14.2 Å². The molecular weight excluding hydrogens is 318 g/mol. The highest BCUT2D eigenvalue weighted by Gasteiger charge is 2.32. The largest absolute Gasteiger partial charge is 0.268 e. The van der Waals surface area contributed by atoms with Crippen LogP contribution in [-0.2, 0) is 9.84 Å². The highest BCUT2D eigenvalue weighted by atomic mass is 32.2. The van der Waals surface area contributed by atoms with Gasteiger partial charge in [-0.25, -0.2) is 13.4 Å². The van der Waals surface area contributed by atoms with Gasteiger partial charge in [-0.15, -0.1) is 11.3 Å². The third-order valence-corrected chi connectivity index (χ3v) is 7.56. The highest BCUT2D eigenvalue weighted by Crippen LogP contribution is 2.30. The van der Waals surface area contributed by atoms with Crippen molar-refractivity contribution in [2.45, 2.75) is 36.4 Å². The number of para-hydroxylation sites is 1. The smallest absolute Gasteiger partial charge is 0.210 e. The highest BCUT2D eigenvalue weighted by molar-refractivity contribution is 7.94. The van der Waals surface area contributed by atoms with Crippen LogP contribution in [0, 0.1) is 6.92 Å². The molecule has 7 heteroatoms. The van der Waals surface area contributed by atoms with Crippen molar-refractivity contribution >= 4 is 31.4 Å². The molecule has 0 saturated heterocycles. The molecule has 2 heterocycles. The maximum atomic E-state index is 12.8. The first-order chi connectivity index (χ1) is 10.4. The molecule has 3 rings (SSSR count). The predicted molar refractivity (Wildman–Crippen MR) is 87.9 cm³/mol. The summed E-state index contributed by atoms with van der Waals surface area (Å²) in [4.78, 5) is 4.29. The minimum absolute atomic E-state index is 0.178. The molecule has 0 aliphatic rings. The molecule has 22 heavy (non-hydrogen) atoms. The van der Waals surface area contributed by atoms with E-state index in [1.165, 1.54) is 11.3 Å². The zero-order valence-electron chi connectivity index (χ0n) is 12.6. The van der Waals surface area contributed by atoms with Gasteiger partial charge in [-0.1, -0.05) is 12.1 Å². The number of fused-ring (bicyclic) bond motifs is 1. The number of thiazole rings is 1.